The third-order valence-electron chi connectivity index (χ3n) is 11.1. The topological polar surface area (TPSA) is 103 Å². The molecule has 4 fully saturated rings. The van der Waals surface area contributed by atoms with E-state index in [1.165, 1.54) is 12.1 Å². The average molecular weight is 733 g/mol. The minimum absolute atomic E-state index is 0. The number of anilines is 1. The molecule has 3 N–H and O–H groups in total. The maximum absolute atomic E-state index is 16.9. The molecule has 4 aromatic rings. The second kappa shape index (κ2) is 14.9. The Balaban J connectivity index is 0.00000216. The summed E-state index contributed by atoms with van der Waals surface area (Å²) in [4.78, 5) is 13.7. The summed E-state index contributed by atoms with van der Waals surface area (Å²) in [6.07, 6.45) is 6.25. The average Bonchev–Trinajstić information content (AvgIpc) is 3.52. The molecule has 6 atom stereocenters. The second-order valence-corrected chi connectivity index (χ2v) is 14.1. The molecule has 50 heavy (non-hydrogen) atoms. The minimum Gasteiger partial charge on any atom is -0.508 e. The SMILES string of the molecule is CCc1cccc2cc(O)cc(-c3c(F)cc4c(N5C[C@H]6CC[C@@H](C5)N6)nc(OC[C@H](O)CN5[C@@H]6CC[C@H]5CC(OC)C6)nc4c3F)c12.Cl.Cl. The van der Waals surface area contributed by atoms with Gasteiger partial charge in [0.1, 0.15) is 35.6 Å². The van der Waals surface area contributed by atoms with Crippen LogP contribution in [0.1, 0.15) is 51.0 Å². The van der Waals surface area contributed by atoms with Gasteiger partial charge in [0.15, 0.2) is 5.82 Å². The molecule has 4 aliphatic rings. The van der Waals surface area contributed by atoms with Crippen molar-refractivity contribution < 1.29 is 28.5 Å². The number of hydrogen-bond acceptors (Lipinski definition) is 9. The lowest BCUT2D eigenvalue weighted by Gasteiger charge is -2.39. The molecule has 3 aromatic carbocycles. The van der Waals surface area contributed by atoms with Crippen molar-refractivity contribution in [2.45, 2.75) is 88.2 Å². The Bertz CT molecular complexity index is 1840. The van der Waals surface area contributed by atoms with Gasteiger partial charge >= 0.3 is 6.01 Å². The van der Waals surface area contributed by atoms with Crippen molar-refractivity contribution in [3.05, 3.63) is 53.6 Å². The van der Waals surface area contributed by atoms with E-state index in [0.29, 0.717) is 54.7 Å². The van der Waals surface area contributed by atoms with Gasteiger partial charge < -0.3 is 29.9 Å². The van der Waals surface area contributed by atoms with Crippen LogP contribution in [-0.4, -0.2) is 94.8 Å². The second-order valence-electron chi connectivity index (χ2n) is 14.1. The van der Waals surface area contributed by atoms with Gasteiger partial charge in [-0.15, -0.1) is 24.8 Å². The Morgan fingerprint density at radius 2 is 1.72 bits per heavy atom. The number of aromatic hydroxyl groups is 1. The molecule has 0 saturated carbocycles. The number of hydrogen-bond donors (Lipinski definition) is 3. The van der Waals surface area contributed by atoms with E-state index >= 15 is 8.78 Å². The van der Waals surface area contributed by atoms with Gasteiger partial charge in [-0.2, -0.15) is 9.97 Å². The number of nitrogens with one attached hydrogen (secondary N) is 1. The van der Waals surface area contributed by atoms with Gasteiger partial charge in [0.2, 0.25) is 0 Å². The Morgan fingerprint density at radius 3 is 2.40 bits per heavy atom. The van der Waals surface area contributed by atoms with Crippen LogP contribution in [0.5, 0.6) is 11.8 Å². The molecular formula is C37H45Cl2F2N5O4. The van der Waals surface area contributed by atoms with Crippen molar-refractivity contribution in [1.29, 1.82) is 0 Å². The molecule has 5 heterocycles. The number of rotatable bonds is 9. The van der Waals surface area contributed by atoms with E-state index in [-0.39, 0.29) is 83.4 Å². The van der Waals surface area contributed by atoms with Crippen LogP contribution in [0.15, 0.2) is 36.4 Å². The van der Waals surface area contributed by atoms with Crippen LogP contribution < -0.4 is 15.0 Å². The molecule has 4 saturated heterocycles. The van der Waals surface area contributed by atoms with E-state index in [0.717, 1.165) is 44.1 Å². The zero-order valence-corrected chi connectivity index (χ0v) is 29.9. The van der Waals surface area contributed by atoms with Gasteiger partial charge in [-0.3, -0.25) is 4.90 Å². The van der Waals surface area contributed by atoms with Gasteiger partial charge in [0.25, 0.3) is 0 Å². The monoisotopic (exact) mass is 731 g/mol. The highest BCUT2D eigenvalue weighted by molar-refractivity contribution is 6.03. The highest BCUT2D eigenvalue weighted by Crippen LogP contribution is 2.42. The van der Waals surface area contributed by atoms with E-state index < -0.39 is 17.7 Å². The number of nitrogens with zero attached hydrogens (tertiary/aromatic N) is 4. The lowest BCUT2D eigenvalue weighted by molar-refractivity contribution is -0.0190. The van der Waals surface area contributed by atoms with Gasteiger partial charge in [0.05, 0.1) is 11.7 Å². The number of piperidine rings is 1. The van der Waals surface area contributed by atoms with E-state index in [9.17, 15) is 10.2 Å². The summed E-state index contributed by atoms with van der Waals surface area (Å²) in [6.45, 7) is 3.68. The predicted octanol–water partition coefficient (Wildman–Crippen LogP) is 6.16. The van der Waals surface area contributed by atoms with Crippen molar-refractivity contribution in [3.8, 4) is 22.9 Å². The fourth-order valence-corrected chi connectivity index (χ4v) is 8.85. The molecule has 270 valence electrons. The number of phenols is 1. The lowest BCUT2D eigenvalue weighted by Crippen LogP contribution is -2.51. The zero-order valence-electron chi connectivity index (χ0n) is 28.3. The van der Waals surface area contributed by atoms with E-state index in [4.69, 9.17) is 14.5 Å². The molecule has 1 aromatic heterocycles. The first kappa shape index (κ1) is 36.7. The normalized spacial score (nSPS) is 25.1. The van der Waals surface area contributed by atoms with Gasteiger partial charge in [0, 0.05) is 56.3 Å². The van der Waals surface area contributed by atoms with Crippen molar-refractivity contribution in [2.75, 3.05) is 38.3 Å². The number of piperazine rings is 1. The number of aromatic nitrogens is 2. The third kappa shape index (κ3) is 6.68. The van der Waals surface area contributed by atoms with Crippen molar-refractivity contribution in [1.82, 2.24) is 20.2 Å². The number of aliphatic hydroxyl groups excluding tert-OH is 1. The number of aliphatic hydroxyl groups is 1. The summed E-state index contributed by atoms with van der Waals surface area (Å²) in [7, 11) is 1.76. The summed E-state index contributed by atoms with van der Waals surface area (Å²) in [6, 6.07) is 11.2. The molecule has 8 rings (SSSR count). The third-order valence-corrected chi connectivity index (χ3v) is 11.1. The fourth-order valence-electron chi connectivity index (χ4n) is 8.85. The number of halogens is 4. The van der Waals surface area contributed by atoms with E-state index in [2.05, 4.69) is 20.1 Å². The summed E-state index contributed by atoms with van der Waals surface area (Å²) < 4.78 is 44.9. The Morgan fingerprint density at radius 1 is 1.00 bits per heavy atom. The molecule has 9 nitrogen and oxygen atoms in total. The number of phenolic OH excluding ortho intramolecular Hbond substituents is 1. The number of benzene rings is 3. The maximum atomic E-state index is 16.9. The van der Waals surface area contributed by atoms with Crippen LogP contribution in [0.2, 0.25) is 0 Å². The van der Waals surface area contributed by atoms with Crippen LogP contribution in [0.25, 0.3) is 32.8 Å². The summed E-state index contributed by atoms with van der Waals surface area (Å²) in [5, 5.41) is 27.0. The maximum Gasteiger partial charge on any atom is 0.319 e. The van der Waals surface area contributed by atoms with Crippen LogP contribution in [0, 0.1) is 11.6 Å². The highest BCUT2D eigenvalue weighted by atomic mass is 35.5. The molecule has 1 unspecified atom stereocenters. The quantitative estimate of drug-likeness (QED) is 0.187. The van der Waals surface area contributed by atoms with E-state index in [1.54, 1.807) is 13.2 Å². The first-order valence-electron chi connectivity index (χ1n) is 17.3. The molecule has 4 bridgehead atoms. The van der Waals surface area contributed by atoms with Crippen LogP contribution in [0.4, 0.5) is 14.6 Å². The Labute approximate surface area is 303 Å². The van der Waals surface area contributed by atoms with Crippen molar-refractivity contribution in [2.24, 2.45) is 0 Å². The molecule has 0 aliphatic carbocycles. The van der Waals surface area contributed by atoms with Gasteiger partial charge in [-0.05, 0) is 85.0 Å². The molecule has 0 spiro atoms. The van der Waals surface area contributed by atoms with Gasteiger partial charge in [-0.25, -0.2) is 8.78 Å². The molecular weight excluding hydrogens is 687 g/mol. The number of ether oxygens (including phenoxy) is 2. The lowest BCUT2D eigenvalue weighted by atomic mass is 9.92. The fraction of sp³-hybridized carbons (Fsp3) is 0.514. The van der Waals surface area contributed by atoms with E-state index in [1.807, 2.05) is 25.1 Å². The van der Waals surface area contributed by atoms with Crippen molar-refractivity contribution in [3.63, 3.8) is 0 Å². The summed E-state index contributed by atoms with van der Waals surface area (Å²) in [5.74, 6) is -1.26. The molecule has 0 radical (unpaired) electrons. The summed E-state index contributed by atoms with van der Waals surface area (Å²) in [5.41, 5.74) is 0.871. The first-order valence-corrected chi connectivity index (χ1v) is 17.3. The molecule has 0 amide bonds. The zero-order chi connectivity index (χ0) is 33.1. The number of fused-ring (bicyclic) bond motifs is 6. The highest BCUT2D eigenvalue weighted by Gasteiger charge is 2.41. The van der Waals surface area contributed by atoms with Crippen molar-refractivity contribution >= 4 is 52.3 Å². The Kier molecular flexibility index (Phi) is 10.9. The minimum atomic E-state index is -0.840. The first-order chi connectivity index (χ1) is 23.3. The largest absolute Gasteiger partial charge is 0.508 e. The summed E-state index contributed by atoms with van der Waals surface area (Å²) >= 11 is 0. The van der Waals surface area contributed by atoms with Crippen LogP contribution >= 0.6 is 24.8 Å². The smallest absolute Gasteiger partial charge is 0.319 e. The van der Waals surface area contributed by atoms with Crippen LogP contribution in [-0.2, 0) is 11.2 Å². The molecule has 4 aliphatic heterocycles. The predicted molar refractivity (Wildman–Crippen MR) is 195 cm³/mol. The standard InChI is InChI=1S/C37H43F2N5O4.2ClH/c1-3-20-5-4-6-21-11-26(45)14-29(32(20)21)33-31(38)15-30-35(34(33)39)41-37(42-36(30)43-16-22-7-8-23(17-43)40-22)48-19-27(46)18-44-24-9-10-25(44)13-28(12-24)47-2;;/h4-6,11,14-15,22-25,27-28,40,45-46H,3,7-10,12-13,16-19H2,1-2H3;2*1H/t22-,23+,24-,25+,27-,28?;;/m1../s1. The van der Waals surface area contributed by atoms with Crippen LogP contribution in [0.3, 0.4) is 0 Å². The molecule has 13 heteroatoms. The number of methoxy groups -OCH3 is 1. The van der Waals surface area contributed by atoms with Gasteiger partial charge in [-0.1, -0.05) is 25.1 Å². The number of aryl methyl sites for hydroxylation is 1. The Hall–Kier alpha value is -3.06.